The molecule has 0 atom stereocenters. The average molecular weight is 270 g/mol. The predicted octanol–water partition coefficient (Wildman–Crippen LogP) is 1.99. The van der Waals surface area contributed by atoms with Crippen molar-refractivity contribution in [3.63, 3.8) is 0 Å². The fraction of sp³-hybridized carbons (Fsp3) is 0.250. The summed E-state index contributed by atoms with van der Waals surface area (Å²) in [6.45, 7) is 0.597. The number of nitrogens with one attached hydrogen (secondary N) is 1. The minimum Gasteiger partial charge on any atom is -0.497 e. The third kappa shape index (κ3) is 4.39. The maximum atomic E-state index is 11.8. The maximum Gasteiger partial charge on any atom is 0.224 e. The van der Waals surface area contributed by atoms with Gasteiger partial charge in [0.15, 0.2) is 0 Å². The van der Waals surface area contributed by atoms with Crippen molar-refractivity contribution in [2.24, 2.45) is 0 Å². The molecule has 104 valence electrons. The Morgan fingerprint density at radius 2 is 2.15 bits per heavy atom. The molecule has 0 bridgehead atoms. The number of carbonyl (C=O) groups excluding carboxylic acids is 1. The predicted molar refractivity (Wildman–Crippen MR) is 77.6 cm³/mol. The molecule has 2 aromatic rings. The molecule has 1 N–H and O–H groups in total. The first-order valence-electron chi connectivity index (χ1n) is 6.57. The zero-order valence-corrected chi connectivity index (χ0v) is 11.5. The number of methoxy groups -OCH3 is 1. The van der Waals surface area contributed by atoms with E-state index in [2.05, 4.69) is 10.3 Å². The first kappa shape index (κ1) is 14.1. The minimum absolute atomic E-state index is 0.00850. The third-order valence-electron chi connectivity index (χ3n) is 2.93. The molecule has 4 nitrogen and oxygen atoms in total. The second kappa shape index (κ2) is 7.28. The second-order valence-electron chi connectivity index (χ2n) is 4.45. The minimum atomic E-state index is 0.00850. The van der Waals surface area contributed by atoms with E-state index in [0.29, 0.717) is 13.0 Å². The van der Waals surface area contributed by atoms with E-state index >= 15 is 0 Å². The number of pyridine rings is 1. The van der Waals surface area contributed by atoms with E-state index in [1.807, 2.05) is 42.5 Å². The van der Waals surface area contributed by atoms with Crippen LogP contribution >= 0.6 is 0 Å². The summed E-state index contributed by atoms with van der Waals surface area (Å²) in [5.41, 5.74) is 1.92. The van der Waals surface area contributed by atoms with Gasteiger partial charge in [-0.1, -0.05) is 18.2 Å². The number of nitrogens with zero attached hydrogens (tertiary/aromatic N) is 1. The second-order valence-corrected chi connectivity index (χ2v) is 4.45. The van der Waals surface area contributed by atoms with Crippen molar-refractivity contribution in [3.8, 4) is 5.75 Å². The summed E-state index contributed by atoms with van der Waals surface area (Å²) in [5.74, 6) is 0.776. The van der Waals surface area contributed by atoms with E-state index in [1.165, 1.54) is 0 Å². The first-order valence-corrected chi connectivity index (χ1v) is 6.57. The zero-order valence-electron chi connectivity index (χ0n) is 11.5. The highest BCUT2D eigenvalue weighted by Gasteiger charge is 2.04. The number of hydrogen-bond donors (Lipinski definition) is 1. The van der Waals surface area contributed by atoms with Crippen LogP contribution in [0.2, 0.25) is 0 Å². The van der Waals surface area contributed by atoms with Crippen LogP contribution in [0.1, 0.15) is 11.3 Å². The molecule has 20 heavy (non-hydrogen) atoms. The molecule has 0 spiro atoms. The summed E-state index contributed by atoms with van der Waals surface area (Å²) in [6.07, 6.45) is 2.86. The number of hydrogen-bond acceptors (Lipinski definition) is 3. The van der Waals surface area contributed by atoms with E-state index < -0.39 is 0 Å². The molecule has 1 aromatic heterocycles. The van der Waals surface area contributed by atoms with E-state index in [0.717, 1.165) is 23.4 Å². The van der Waals surface area contributed by atoms with Gasteiger partial charge in [-0.3, -0.25) is 9.78 Å². The van der Waals surface area contributed by atoms with Gasteiger partial charge < -0.3 is 10.1 Å². The molecule has 1 amide bonds. The number of amides is 1. The van der Waals surface area contributed by atoms with Gasteiger partial charge in [-0.15, -0.1) is 0 Å². The highest BCUT2D eigenvalue weighted by Crippen LogP contribution is 2.12. The Hall–Kier alpha value is -2.36. The lowest BCUT2D eigenvalue weighted by molar-refractivity contribution is -0.120. The molecule has 0 saturated heterocycles. The third-order valence-corrected chi connectivity index (χ3v) is 2.93. The van der Waals surface area contributed by atoms with Gasteiger partial charge in [-0.2, -0.15) is 0 Å². The lowest BCUT2D eigenvalue weighted by atomic mass is 10.1. The summed E-state index contributed by atoms with van der Waals surface area (Å²) in [6, 6.07) is 13.3. The van der Waals surface area contributed by atoms with Gasteiger partial charge >= 0.3 is 0 Å². The van der Waals surface area contributed by atoms with E-state index in [9.17, 15) is 4.79 Å². The number of aromatic nitrogens is 1. The van der Waals surface area contributed by atoms with Crippen molar-refractivity contribution in [2.75, 3.05) is 13.7 Å². The number of benzene rings is 1. The van der Waals surface area contributed by atoms with Crippen molar-refractivity contribution >= 4 is 5.91 Å². The highest BCUT2D eigenvalue weighted by molar-refractivity contribution is 5.78. The lowest BCUT2D eigenvalue weighted by Gasteiger charge is -2.06. The maximum absolute atomic E-state index is 11.8. The van der Waals surface area contributed by atoms with Gasteiger partial charge in [-0.05, 0) is 29.8 Å². The van der Waals surface area contributed by atoms with Crippen LogP contribution in [0.15, 0.2) is 48.7 Å². The standard InChI is InChI=1S/C16H18N2O2/c1-20-15-7-4-5-13(11-15)12-16(19)18-10-8-14-6-2-3-9-17-14/h2-7,9,11H,8,10,12H2,1H3,(H,18,19). The molecule has 0 aliphatic carbocycles. The Bertz CT molecular complexity index is 555. The number of rotatable bonds is 6. The largest absolute Gasteiger partial charge is 0.497 e. The van der Waals surface area contributed by atoms with Gasteiger partial charge in [0.1, 0.15) is 5.75 Å². The molecular weight excluding hydrogens is 252 g/mol. The van der Waals surface area contributed by atoms with Crippen LogP contribution in [0.5, 0.6) is 5.75 Å². The SMILES string of the molecule is COc1cccc(CC(=O)NCCc2ccccn2)c1. The quantitative estimate of drug-likeness (QED) is 0.873. The Labute approximate surface area is 118 Å². The van der Waals surface area contributed by atoms with Crippen molar-refractivity contribution in [2.45, 2.75) is 12.8 Å². The van der Waals surface area contributed by atoms with Gasteiger partial charge in [0.25, 0.3) is 0 Å². The summed E-state index contributed by atoms with van der Waals surface area (Å²) < 4.78 is 5.14. The Morgan fingerprint density at radius 1 is 1.25 bits per heavy atom. The fourth-order valence-electron chi connectivity index (χ4n) is 1.91. The van der Waals surface area contributed by atoms with E-state index in [4.69, 9.17) is 4.74 Å². The highest BCUT2D eigenvalue weighted by atomic mass is 16.5. The lowest BCUT2D eigenvalue weighted by Crippen LogP contribution is -2.27. The molecule has 0 saturated carbocycles. The molecule has 0 fully saturated rings. The fourth-order valence-corrected chi connectivity index (χ4v) is 1.91. The van der Waals surface area contributed by atoms with Crippen LogP contribution in [-0.2, 0) is 17.6 Å². The summed E-state index contributed by atoms with van der Waals surface area (Å²) in [7, 11) is 1.62. The zero-order chi connectivity index (χ0) is 14.2. The summed E-state index contributed by atoms with van der Waals surface area (Å²) >= 11 is 0. The monoisotopic (exact) mass is 270 g/mol. The van der Waals surface area contributed by atoms with Gasteiger partial charge in [0, 0.05) is 24.9 Å². The number of ether oxygens (including phenoxy) is 1. The van der Waals surface area contributed by atoms with Crippen LogP contribution in [0.25, 0.3) is 0 Å². The molecule has 0 radical (unpaired) electrons. The topological polar surface area (TPSA) is 51.2 Å². The molecular formula is C16H18N2O2. The molecule has 4 heteroatoms. The van der Waals surface area contributed by atoms with Crippen molar-refractivity contribution < 1.29 is 9.53 Å². The van der Waals surface area contributed by atoms with Gasteiger partial charge in [0.05, 0.1) is 13.5 Å². The van der Waals surface area contributed by atoms with Gasteiger partial charge in [0.2, 0.25) is 5.91 Å². The van der Waals surface area contributed by atoms with Crippen molar-refractivity contribution in [1.29, 1.82) is 0 Å². The molecule has 1 heterocycles. The van der Waals surface area contributed by atoms with E-state index in [-0.39, 0.29) is 5.91 Å². The van der Waals surface area contributed by atoms with Crippen LogP contribution < -0.4 is 10.1 Å². The van der Waals surface area contributed by atoms with Crippen LogP contribution in [0, 0.1) is 0 Å². The average Bonchev–Trinajstić information content (AvgIpc) is 2.48. The van der Waals surface area contributed by atoms with Gasteiger partial charge in [-0.25, -0.2) is 0 Å². The Morgan fingerprint density at radius 3 is 2.90 bits per heavy atom. The Balaban J connectivity index is 1.77. The van der Waals surface area contributed by atoms with Crippen molar-refractivity contribution in [3.05, 3.63) is 59.9 Å². The summed E-state index contributed by atoms with van der Waals surface area (Å²) in [5, 5.41) is 2.90. The van der Waals surface area contributed by atoms with Crippen LogP contribution in [0.4, 0.5) is 0 Å². The first-order chi connectivity index (χ1) is 9.78. The molecule has 0 aliphatic rings. The molecule has 1 aromatic carbocycles. The normalized spacial score (nSPS) is 10.1. The molecule has 0 unspecified atom stereocenters. The van der Waals surface area contributed by atoms with Crippen LogP contribution in [0.3, 0.4) is 0 Å². The smallest absolute Gasteiger partial charge is 0.224 e. The van der Waals surface area contributed by atoms with E-state index in [1.54, 1.807) is 13.3 Å². The molecule has 0 aliphatic heterocycles. The number of carbonyl (C=O) groups is 1. The molecule has 2 rings (SSSR count). The van der Waals surface area contributed by atoms with Crippen molar-refractivity contribution in [1.82, 2.24) is 10.3 Å². The Kier molecular flexibility index (Phi) is 5.12. The summed E-state index contributed by atoms with van der Waals surface area (Å²) in [4.78, 5) is 16.0. The van der Waals surface area contributed by atoms with Crippen LogP contribution in [-0.4, -0.2) is 24.5 Å².